The Morgan fingerprint density at radius 1 is 1.35 bits per heavy atom. The molecule has 20 heavy (non-hydrogen) atoms. The fourth-order valence-electron chi connectivity index (χ4n) is 1.95. The van der Waals surface area contributed by atoms with Gasteiger partial charge in [-0.05, 0) is 30.2 Å². The quantitative estimate of drug-likeness (QED) is 0.606. The minimum atomic E-state index is -1.33. The molecule has 106 valence electrons. The third kappa shape index (κ3) is 2.94. The van der Waals surface area contributed by atoms with E-state index in [-0.39, 0.29) is 5.91 Å². The van der Waals surface area contributed by atoms with Crippen molar-refractivity contribution in [2.75, 3.05) is 11.9 Å². The Hall–Kier alpha value is -2.41. The molecule has 1 aliphatic rings. The number of amides is 2. The van der Waals surface area contributed by atoms with Gasteiger partial charge in [0.1, 0.15) is 0 Å². The van der Waals surface area contributed by atoms with E-state index in [2.05, 4.69) is 10.6 Å². The number of aryl methyl sites for hydroxylation is 1. The van der Waals surface area contributed by atoms with Crippen molar-refractivity contribution in [3.05, 3.63) is 29.3 Å². The number of aliphatic hydroxyl groups is 1. The van der Waals surface area contributed by atoms with Crippen molar-refractivity contribution in [3.8, 4) is 0 Å². The first-order chi connectivity index (χ1) is 9.51. The van der Waals surface area contributed by atoms with E-state index < -0.39 is 24.5 Å². The van der Waals surface area contributed by atoms with Crippen LogP contribution < -0.4 is 10.6 Å². The van der Waals surface area contributed by atoms with E-state index in [0.29, 0.717) is 24.1 Å². The Bertz CT molecular complexity index is 570. The summed E-state index contributed by atoms with van der Waals surface area (Å²) in [7, 11) is 0. The third-order valence-electron chi connectivity index (χ3n) is 3.05. The molecule has 0 fully saturated rings. The van der Waals surface area contributed by atoms with E-state index in [1.54, 1.807) is 12.1 Å². The SMILES string of the molecule is O=C1CCc2cc(C(=O)N[C@@H](CO)C(=O)O)ccc2N1. The van der Waals surface area contributed by atoms with Crippen LogP contribution in [0.4, 0.5) is 5.69 Å². The van der Waals surface area contributed by atoms with Gasteiger partial charge in [-0.3, -0.25) is 9.59 Å². The summed E-state index contributed by atoms with van der Waals surface area (Å²) in [6.45, 7) is -0.679. The molecule has 0 saturated heterocycles. The van der Waals surface area contributed by atoms with Crippen LogP contribution in [0.25, 0.3) is 0 Å². The average molecular weight is 278 g/mol. The fraction of sp³-hybridized carbons (Fsp3) is 0.308. The second-order valence-corrected chi connectivity index (χ2v) is 4.47. The van der Waals surface area contributed by atoms with Crippen LogP contribution in [0, 0.1) is 0 Å². The molecule has 0 bridgehead atoms. The molecule has 7 nitrogen and oxygen atoms in total. The van der Waals surface area contributed by atoms with Crippen LogP contribution in [0.1, 0.15) is 22.3 Å². The lowest BCUT2D eigenvalue weighted by molar-refractivity contribution is -0.140. The lowest BCUT2D eigenvalue weighted by Gasteiger charge is -2.18. The Morgan fingerprint density at radius 2 is 2.10 bits per heavy atom. The van der Waals surface area contributed by atoms with Gasteiger partial charge in [-0.1, -0.05) is 0 Å². The van der Waals surface area contributed by atoms with E-state index in [1.807, 2.05) is 0 Å². The number of rotatable bonds is 4. The summed E-state index contributed by atoms with van der Waals surface area (Å²) in [6.07, 6.45) is 0.886. The number of hydrogen-bond acceptors (Lipinski definition) is 4. The van der Waals surface area contributed by atoms with Crippen LogP contribution in [-0.2, 0) is 16.0 Å². The molecule has 0 radical (unpaired) electrons. The van der Waals surface area contributed by atoms with Gasteiger partial charge in [0, 0.05) is 17.7 Å². The summed E-state index contributed by atoms with van der Waals surface area (Å²) >= 11 is 0. The number of fused-ring (bicyclic) bond motifs is 1. The van der Waals surface area contributed by atoms with Crippen molar-refractivity contribution >= 4 is 23.5 Å². The number of carboxylic acid groups (broad SMARTS) is 1. The van der Waals surface area contributed by atoms with E-state index in [9.17, 15) is 14.4 Å². The minimum absolute atomic E-state index is 0.0686. The zero-order valence-electron chi connectivity index (χ0n) is 10.5. The molecule has 2 rings (SSSR count). The van der Waals surface area contributed by atoms with E-state index in [0.717, 1.165) is 5.56 Å². The van der Waals surface area contributed by atoms with Crippen molar-refractivity contribution < 1.29 is 24.6 Å². The molecule has 0 spiro atoms. The normalized spacial score (nSPS) is 14.9. The molecule has 1 heterocycles. The summed E-state index contributed by atoms with van der Waals surface area (Å²) in [5.74, 6) is -1.95. The second-order valence-electron chi connectivity index (χ2n) is 4.47. The number of anilines is 1. The van der Waals surface area contributed by atoms with Gasteiger partial charge in [0.15, 0.2) is 6.04 Å². The number of aliphatic carboxylic acids is 1. The van der Waals surface area contributed by atoms with Crippen molar-refractivity contribution in [2.45, 2.75) is 18.9 Å². The maximum absolute atomic E-state index is 11.9. The summed E-state index contributed by atoms with van der Waals surface area (Å²) in [5.41, 5.74) is 1.78. The van der Waals surface area contributed by atoms with Crippen molar-refractivity contribution in [2.24, 2.45) is 0 Å². The molecule has 1 aromatic carbocycles. The van der Waals surface area contributed by atoms with Crippen molar-refractivity contribution in [1.82, 2.24) is 5.32 Å². The summed E-state index contributed by atoms with van der Waals surface area (Å²) in [6, 6.07) is 3.38. The predicted molar refractivity (Wildman–Crippen MR) is 69.4 cm³/mol. The van der Waals surface area contributed by atoms with Crippen molar-refractivity contribution in [1.29, 1.82) is 0 Å². The van der Waals surface area contributed by atoms with Crippen LogP contribution in [-0.4, -0.2) is 40.6 Å². The smallest absolute Gasteiger partial charge is 0.328 e. The molecule has 0 aromatic heterocycles. The van der Waals surface area contributed by atoms with E-state index >= 15 is 0 Å². The molecular weight excluding hydrogens is 264 g/mol. The number of benzene rings is 1. The highest BCUT2D eigenvalue weighted by Crippen LogP contribution is 2.23. The van der Waals surface area contributed by atoms with Crippen LogP contribution in [0.15, 0.2) is 18.2 Å². The van der Waals surface area contributed by atoms with Gasteiger partial charge in [-0.25, -0.2) is 4.79 Å². The summed E-state index contributed by atoms with van der Waals surface area (Å²) in [5, 5.41) is 22.6. The Morgan fingerprint density at radius 3 is 2.75 bits per heavy atom. The first-order valence-electron chi connectivity index (χ1n) is 6.08. The topological polar surface area (TPSA) is 116 Å². The maximum atomic E-state index is 11.9. The maximum Gasteiger partial charge on any atom is 0.328 e. The Labute approximate surface area is 114 Å². The summed E-state index contributed by atoms with van der Waals surface area (Å²) < 4.78 is 0. The number of hydrogen-bond donors (Lipinski definition) is 4. The highest BCUT2D eigenvalue weighted by molar-refractivity contribution is 5.99. The molecule has 1 aliphatic heterocycles. The summed E-state index contributed by atoms with van der Waals surface area (Å²) in [4.78, 5) is 33.9. The Balaban J connectivity index is 2.15. The predicted octanol–water partition coefficient (Wildman–Crippen LogP) is -0.253. The Kier molecular flexibility index (Phi) is 3.99. The number of carbonyl (C=O) groups excluding carboxylic acids is 2. The first-order valence-corrected chi connectivity index (χ1v) is 6.08. The van der Waals surface area contributed by atoms with Gasteiger partial charge in [0.05, 0.1) is 6.61 Å². The van der Waals surface area contributed by atoms with Gasteiger partial charge in [-0.2, -0.15) is 0 Å². The number of aliphatic hydroxyl groups excluding tert-OH is 1. The molecule has 0 saturated carbocycles. The van der Waals surface area contributed by atoms with Gasteiger partial charge >= 0.3 is 5.97 Å². The average Bonchev–Trinajstić information content (AvgIpc) is 2.43. The highest BCUT2D eigenvalue weighted by Gasteiger charge is 2.21. The zero-order valence-corrected chi connectivity index (χ0v) is 10.5. The molecule has 1 aromatic rings. The van der Waals surface area contributed by atoms with E-state index in [4.69, 9.17) is 10.2 Å². The molecular formula is C13H14N2O5. The molecule has 1 atom stereocenters. The highest BCUT2D eigenvalue weighted by atomic mass is 16.4. The van der Waals surface area contributed by atoms with Gasteiger partial charge in [-0.15, -0.1) is 0 Å². The van der Waals surface area contributed by atoms with Crippen LogP contribution >= 0.6 is 0 Å². The minimum Gasteiger partial charge on any atom is -0.480 e. The molecule has 7 heteroatoms. The molecule has 2 amide bonds. The van der Waals surface area contributed by atoms with Crippen molar-refractivity contribution in [3.63, 3.8) is 0 Å². The molecule has 0 aliphatic carbocycles. The van der Waals surface area contributed by atoms with Gasteiger partial charge in [0.2, 0.25) is 5.91 Å². The molecule has 4 N–H and O–H groups in total. The van der Waals surface area contributed by atoms with Gasteiger partial charge < -0.3 is 20.8 Å². The third-order valence-corrected chi connectivity index (χ3v) is 3.05. The fourth-order valence-corrected chi connectivity index (χ4v) is 1.95. The monoisotopic (exact) mass is 278 g/mol. The number of carboxylic acids is 1. The largest absolute Gasteiger partial charge is 0.480 e. The van der Waals surface area contributed by atoms with E-state index in [1.165, 1.54) is 6.07 Å². The van der Waals surface area contributed by atoms with Crippen LogP contribution in [0.5, 0.6) is 0 Å². The van der Waals surface area contributed by atoms with Crippen LogP contribution in [0.2, 0.25) is 0 Å². The lowest BCUT2D eigenvalue weighted by Crippen LogP contribution is -2.43. The molecule has 0 unspecified atom stereocenters. The number of carbonyl (C=O) groups is 3. The standard InChI is InChI=1S/C13H14N2O5/c16-6-10(13(19)20)15-12(18)8-1-3-9-7(5-8)2-4-11(17)14-9/h1,3,5,10,16H,2,4,6H2,(H,14,17)(H,15,18)(H,19,20)/t10-/m0/s1. The zero-order chi connectivity index (χ0) is 14.7. The first kappa shape index (κ1) is 14.0. The number of nitrogens with one attached hydrogen (secondary N) is 2. The lowest BCUT2D eigenvalue weighted by atomic mass is 10.00. The van der Waals surface area contributed by atoms with Gasteiger partial charge in [0.25, 0.3) is 5.91 Å². The van der Waals surface area contributed by atoms with Crippen LogP contribution in [0.3, 0.4) is 0 Å². The second kappa shape index (κ2) is 5.70.